The van der Waals surface area contributed by atoms with E-state index < -0.39 is 0 Å². The van der Waals surface area contributed by atoms with Crippen LogP contribution in [0.3, 0.4) is 0 Å². The molecule has 0 aliphatic heterocycles. The van der Waals surface area contributed by atoms with E-state index in [1.165, 1.54) is 5.56 Å². The van der Waals surface area contributed by atoms with Crippen molar-refractivity contribution >= 4 is 27.5 Å². The van der Waals surface area contributed by atoms with Crippen molar-refractivity contribution in [2.45, 2.75) is 39.2 Å². The summed E-state index contributed by atoms with van der Waals surface area (Å²) in [6.45, 7) is 7.19. The van der Waals surface area contributed by atoms with Gasteiger partial charge in [0.2, 0.25) is 0 Å². The maximum absolute atomic E-state index is 6.19. The number of ether oxygens (including phenoxy) is 1. The molecule has 2 rings (SSSR count). The van der Waals surface area contributed by atoms with Crippen LogP contribution in [-0.2, 0) is 12.0 Å². The Morgan fingerprint density at radius 1 is 1.10 bits per heavy atom. The molecule has 0 N–H and O–H groups in total. The van der Waals surface area contributed by atoms with E-state index in [1.54, 1.807) is 0 Å². The van der Waals surface area contributed by atoms with Crippen LogP contribution in [-0.4, -0.2) is 0 Å². The Labute approximate surface area is 140 Å². The molecule has 0 bridgehead atoms. The molecular formula is C18H20BrClO. The standard InChI is InChI=1S/C18H20BrClO/c1-4-18(2,3)14-6-9-16(10-7-14)21-12-13-5-8-15(19)11-17(13)20/h5-11H,4,12H2,1-3H3. The van der Waals surface area contributed by atoms with Gasteiger partial charge in [0.15, 0.2) is 0 Å². The van der Waals surface area contributed by atoms with Gasteiger partial charge in [0.25, 0.3) is 0 Å². The highest BCUT2D eigenvalue weighted by Gasteiger charge is 2.17. The average Bonchev–Trinajstić information content (AvgIpc) is 2.47. The maximum atomic E-state index is 6.19. The fourth-order valence-electron chi connectivity index (χ4n) is 2.01. The van der Waals surface area contributed by atoms with Crippen molar-refractivity contribution in [2.24, 2.45) is 0 Å². The summed E-state index contributed by atoms with van der Waals surface area (Å²) >= 11 is 9.59. The fourth-order valence-corrected chi connectivity index (χ4v) is 2.73. The van der Waals surface area contributed by atoms with E-state index in [0.717, 1.165) is 22.2 Å². The summed E-state index contributed by atoms with van der Waals surface area (Å²) in [6.07, 6.45) is 1.11. The third-order valence-electron chi connectivity index (χ3n) is 3.93. The number of hydrogen-bond acceptors (Lipinski definition) is 1. The van der Waals surface area contributed by atoms with Gasteiger partial charge in [-0.1, -0.05) is 66.5 Å². The number of hydrogen-bond donors (Lipinski definition) is 0. The molecule has 0 atom stereocenters. The molecule has 0 saturated carbocycles. The lowest BCUT2D eigenvalue weighted by Gasteiger charge is -2.23. The van der Waals surface area contributed by atoms with E-state index in [-0.39, 0.29) is 5.41 Å². The first-order valence-corrected chi connectivity index (χ1v) is 8.27. The van der Waals surface area contributed by atoms with Crippen LogP contribution < -0.4 is 4.74 Å². The minimum Gasteiger partial charge on any atom is -0.489 e. The van der Waals surface area contributed by atoms with E-state index in [0.29, 0.717) is 11.6 Å². The Morgan fingerprint density at radius 3 is 2.33 bits per heavy atom. The highest BCUT2D eigenvalue weighted by atomic mass is 79.9. The normalized spacial score (nSPS) is 11.5. The second kappa shape index (κ2) is 6.85. The lowest BCUT2D eigenvalue weighted by molar-refractivity contribution is 0.306. The highest BCUT2D eigenvalue weighted by molar-refractivity contribution is 9.10. The monoisotopic (exact) mass is 366 g/mol. The quantitative estimate of drug-likeness (QED) is 0.596. The Balaban J connectivity index is 2.04. The molecule has 0 radical (unpaired) electrons. The van der Waals surface area contributed by atoms with Crippen LogP contribution in [0, 0.1) is 0 Å². The minimum atomic E-state index is 0.202. The summed E-state index contributed by atoms with van der Waals surface area (Å²) in [5.41, 5.74) is 2.52. The van der Waals surface area contributed by atoms with Crippen molar-refractivity contribution in [3.63, 3.8) is 0 Å². The summed E-state index contributed by atoms with van der Waals surface area (Å²) < 4.78 is 6.79. The molecule has 1 nitrogen and oxygen atoms in total. The molecule has 2 aromatic carbocycles. The van der Waals surface area contributed by atoms with Crippen LogP contribution >= 0.6 is 27.5 Å². The van der Waals surface area contributed by atoms with Crippen LogP contribution in [0.1, 0.15) is 38.3 Å². The molecule has 2 aromatic rings. The van der Waals surface area contributed by atoms with E-state index in [4.69, 9.17) is 16.3 Å². The van der Waals surface area contributed by atoms with Gasteiger partial charge in [-0.15, -0.1) is 0 Å². The SMILES string of the molecule is CCC(C)(C)c1ccc(OCc2ccc(Br)cc2Cl)cc1. The molecule has 0 aromatic heterocycles. The van der Waals surface area contributed by atoms with Crippen molar-refractivity contribution in [3.05, 3.63) is 63.1 Å². The second-order valence-electron chi connectivity index (χ2n) is 5.79. The molecular weight excluding hydrogens is 348 g/mol. The van der Waals surface area contributed by atoms with Gasteiger partial charge < -0.3 is 4.74 Å². The van der Waals surface area contributed by atoms with Crippen LogP contribution in [0.4, 0.5) is 0 Å². The zero-order chi connectivity index (χ0) is 15.5. The lowest BCUT2D eigenvalue weighted by Crippen LogP contribution is -2.15. The summed E-state index contributed by atoms with van der Waals surface area (Å²) in [6, 6.07) is 14.2. The van der Waals surface area contributed by atoms with Crippen LogP contribution in [0.15, 0.2) is 46.9 Å². The maximum Gasteiger partial charge on any atom is 0.119 e. The minimum absolute atomic E-state index is 0.202. The smallest absolute Gasteiger partial charge is 0.119 e. The van der Waals surface area contributed by atoms with Crippen molar-refractivity contribution in [3.8, 4) is 5.75 Å². The van der Waals surface area contributed by atoms with Gasteiger partial charge in [0.05, 0.1) is 0 Å². The molecule has 0 aliphatic carbocycles. The molecule has 0 fully saturated rings. The number of halogens is 2. The first-order valence-electron chi connectivity index (χ1n) is 7.09. The van der Waals surface area contributed by atoms with Crippen molar-refractivity contribution < 1.29 is 4.74 Å². The van der Waals surface area contributed by atoms with Gasteiger partial charge in [-0.05, 0) is 41.7 Å². The van der Waals surface area contributed by atoms with E-state index in [1.807, 2.05) is 30.3 Å². The fraction of sp³-hybridized carbons (Fsp3) is 0.333. The number of benzene rings is 2. The second-order valence-corrected chi connectivity index (χ2v) is 7.11. The first-order chi connectivity index (χ1) is 9.92. The van der Waals surface area contributed by atoms with Gasteiger partial charge in [-0.25, -0.2) is 0 Å². The highest BCUT2D eigenvalue weighted by Crippen LogP contribution is 2.28. The zero-order valence-corrected chi connectivity index (χ0v) is 15.0. The van der Waals surface area contributed by atoms with Gasteiger partial charge >= 0.3 is 0 Å². The molecule has 0 spiro atoms. The van der Waals surface area contributed by atoms with Crippen LogP contribution in [0.2, 0.25) is 5.02 Å². The third kappa shape index (κ3) is 4.24. The van der Waals surface area contributed by atoms with Gasteiger partial charge in [0, 0.05) is 15.1 Å². The zero-order valence-electron chi connectivity index (χ0n) is 12.6. The predicted molar refractivity (Wildman–Crippen MR) is 93.2 cm³/mol. The Hall–Kier alpha value is -0.990. The van der Waals surface area contributed by atoms with Crippen molar-refractivity contribution in [2.75, 3.05) is 0 Å². The summed E-state index contributed by atoms with van der Waals surface area (Å²) in [5, 5.41) is 0.716. The lowest BCUT2D eigenvalue weighted by atomic mass is 9.82. The molecule has 21 heavy (non-hydrogen) atoms. The van der Waals surface area contributed by atoms with Gasteiger partial charge in [-0.2, -0.15) is 0 Å². The summed E-state index contributed by atoms with van der Waals surface area (Å²) in [4.78, 5) is 0. The first kappa shape index (κ1) is 16.4. The average molecular weight is 368 g/mol. The summed E-state index contributed by atoms with van der Waals surface area (Å²) in [5.74, 6) is 0.865. The van der Waals surface area contributed by atoms with E-state index >= 15 is 0 Å². The Morgan fingerprint density at radius 2 is 1.76 bits per heavy atom. The Kier molecular flexibility index (Phi) is 5.34. The van der Waals surface area contributed by atoms with Gasteiger partial charge in [-0.3, -0.25) is 0 Å². The molecule has 0 unspecified atom stereocenters. The van der Waals surface area contributed by atoms with E-state index in [2.05, 4.69) is 48.8 Å². The molecule has 0 saturated heterocycles. The molecule has 112 valence electrons. The number of rotatable bonds is 5. The third-order valence-corrected chi connectivity index (χ3v) is 4.77. The topological polar surface area (TPSA) is 9.23 Å². The largest absolute Gasteiger partial charge is 0.489 e. The van der Waals surface area contributed by atoms with Crippen LogP contribution in [0.5, 0.6) is 5.75 Å². The van der Waals surface area contributed by atoms with Crippen LogP contribution in [0.25, 0.3) is 0 Å². The molecule has 0 amide bonds. The molecule has 3 heteroatoms. The molecule has 0 aliphatic rings. The summed E-state index contributed by atoms with van der Waals surface area (Å²) in [7, 11) is 0. The molecule has 0 heterocycles. The van der Waals surface area contributed by atoms with Crippen molar-refractivity contribution in [1.29, 1.82) is 0 Å². The Bertz CT molecular complexity index is 605. The van der Waals surface area contributed by atoms with E-state index in [9.17, 15) is 0 Å². The van der Waals surface area contributed by atoms with Crippen molar-refractivity contribution in [1.82, 2.24) is 0 Å². The predicted octanol–water partition coefficient (Wildman–Crippen LogP) is 6.37. The van der Waals surface area contributed by atoms with Gasteiger partial charge in [0.1, 0.15) is 12.4 Å².